The molecule has 6 nitrogen and oxygen atoms in total. The molecule has 0 radical (unpaired) electrons. The predicted molar refractivity (Wildman–Crippen MR) is 516 cm³/mol. The molecule has 3 aromatic heterocycles. The summed E-state index contributed by atoms with van der Waals surface area (Å²) in [5, 5.41) is 4.60. The molecule has 0 atom stereocenters. The van der Waals surface area contributed by atoms with Crippen molar-refractivity contribution in [1.82, 2.24) is 13.7 Å². The molecule has 0 unspecified atom stereocenters. The molecule has 580 valence electrons. The van der Waals surface area contributed by atoms with E-state index in [1.807, 2.05) is 6.07 Å². The lowest BCUT2D eigenvalue weighted by Crippen LogP contribution is -2.61. The van der Waals surface area contributed by atoms with E-state index in [1.165, 1.54) is 21.9 Å². The van der Waals surface area contributed by atoms with Gasteiger partial charge in [-0.1, -0.05) is 299 Å². The molecule has 2 aliphatic heterocycles. The monoisotopic (exact) mass is 1560 g/mol. The van der Waals surface area contributed by atoms with Crippen LogP contribution in [-0.2, 0) is 16.2 Å². The Morgan fingerprint density at radius 3 is 1.17 bits per heavy atom. The SMILES string of the molecule is [2H]c1c([2H])c([2H])c2c(c1[2H])c1c([2H])c([2H])c([2H])c([2H])c1n2-c1ccc2c(c1)N(c1c(-c3ccccc3)cc(C(C)(C)C)cc1-c1ccccc1)c1cc(-n3c4ccc(C(C)(C)C)cc4c4cc(C(C)(C)C)ccc43)cc3c1B2c1ccc(N(c2ccccc2)c2ccc(-n4c5ccccc5c5ccccc54)cc2)cc1N3c1cc(-c2ccccc2)cc(-c2ccccc2)c1. The molecule has 0 aliphatic carbocycles. The second-order valence-electron chi connectivity index (χ2n) is 35.5. The van der Waals surface area contributed by atoms with Gasteiger partial charge < -0.3 is 28.4 Å². The van der Waals surface area contributed by atoms with Gasteiger partial charge in [0.05, 0.1) is 55.4 Å². The third-order valence-electron chi connectivity index (χ3n) is 25.0. The maximum absolute atomic E-state index is 10.1. The number of hydrogen-bond donors (Lipinski definition) is 0. The third-order valence-corrected chi connectivity index (χ3v) is 25.0. The summed E-state index contributed by atoms with van der Waals surface area (Å²) in [4.78, 5) is 7.39. The Balaban J connectivity index is 0.921. The van der Waals surface area contributed by atoms with E-state index < -0.39 is 43.0 Å². The minimum atomic E-state index is -0.588. The van der Waals surface area contributed by atoms with Gasteiger partial charge in [0, 0.05) is 100 Å². The molecule has 0 spiro atoms. The van der Waals surface area contributed by atoms with Crippen LogP contribution in [-0.4, -0.2) is 20.4 Å². The van der Waals surface area contributed by atoms with Crippen LogP contribution in [0.4, 0.5) is 51.2 Å². The van der Waals surface area contributed by atoms with Crippen LogP contribution < -0.4 is 31.1 Å². The number of aromatic nitrogens is 3. The number of hydrogen-bond acceptors (Lipinski definition) is 3. The Morgan fingerprint density at radius 2 is 0.653 bits per heavy atom. The Kier molecular flexibility index (Phi) is 15.0. The van der Waals surface area contributed by atoms with Crippen molar-refractivity contribution >= 4 is 140 Å². The third kappa shape index (κ3) is 12.1. The highest BCUT2D eigenvalue weighted by molar-refractivity contribution is 7.00. The van der Waals surface area contributed by atoms with Crippen LogP contribution >= 0.6 is 0 Å². The van der Waals surface area contributed by atoms with Crippen molar-refractivity contribution in [3.63, 3.8) is 0 Å². The van der Waals surface area contributed by atoms with Gasteiger partial charge in [0.1, 0.15) is 0 Å². The molecule has 0 saturated carbocycles. The largest absolute Gasteiger partial charge is 0.311 e. The molecule has 0 amide bonds. The second kappa shape index (κ2) is 28.2. The lowest BCUT2D eigenvalue weighted by molar-refractivity contribution is 0.590. The van der Waals surface area contributed by atoms with E-state index >= 15 is 0 Å². The van der Waals surface area contributed by atoms with Crippen molar-refractivity contribution < 1.29 is 11.0 Å². The predicted octanol–water partition coefficient (Wildman–Crippen LogP) is 29.1. The first kappa shape index (κ1) is 64.7. The number of para-hydroxylation sites is 5. The maximum Gasteiger partial charge on any atom is 0.252 e. The molecule has 7 heteroatoms. The van der Waals surface area contributed by atoms with Gasteiger partial charge in [-0.05, 0) is 234 Å². The van der Waals surface area contributed by atoms with Gasteiger partial charge >= 0.3 is 0 Å². The van der Waals surface area contributed by atoms with E-state index in [0.29, 0.717) is 5.69 Å². The van der Waals surface area contributed by atoms with E-state index in [0.717, 1.165) is 162 Å². The molecular weight excluding hydrogens is 1460 g/mol. The summed E-state index contributed by atoms with van der Waals surface area (Å²) < 4.78 is 83.5. The van der Waals surface area contributed by atoms with E-state index in [1.54, 1.807) is 4.57 Å². The molecule has 17 aromatic carbocycles. The van der Waals surface area contributed by atoms with Crippen LogP contribution in [0.25, 0.3) is 127 Å². The van der Waals surface area contributed by atoms with Crippen molar-refractivity contribution in [3.8, 4) is 61.6 Å². The molecule has 0 saturated heterocycles. The Hall–Kier alpha value is -14.4. The fourth-order valence-corrected chi connectivity index (χ4v) is 19.1. The zero-order valence-corrected chi connectivity index (χ0v) is 69.1. The van der Waals surface area contributed by atoms with Gasteiger partial charge in [0.25, 0.3) is 6.71 Å². The van der Waals surface area contributed by atoms with Gasteiger partial charge in [-0.3, -0.25) is 0 Å². The first-order valence-electron chi connectivity index (χ1n) is 45.9. The minimum absolute atomic E-state index is 0.00406. The molecule has 22 rings (SSSR count). The first-order chi connectivity index (χ1) is 62.2. The number of anilines is 9. The average Bonchev–Trinajstić information content (AvgIpc) is 1.45. The minimum Gasteiger partial charge on any atom is -0.311 e. The summed E-state index contributed by atoms with van der Waals surface area (Å²) in [6, 6.07) is 120. The van der Waals surface area contributed by atoms with Crippen LogP contribution in [0, 0.1) is 0 Å². The molecule has 0 bridgehead atoms. The average molecular weight is 1560 g/mol. The number of fused-ring (bicyclic) bond motifs is 13. The van der Waals surface area contributed by atoms with Crippen molar-refractivity contribution in [2.24, 2.45) is 0 Å². The maximum atomic E-state index is 10.1. The molecule has 121 heavy (non-hydrogen) atoms. The summed E-state index contributed by atoms with van der Waals surface area (Å²) in [6.45, 7) is 19.9. The van der Waals surface area contributed by atoms with Gasteiger partial charge in [0.2, 0.25) is 0 Å². The number of nitrogens with zero attached hydrogens (tertiary/aromatic N) is 6. The van der Waals surface area contributed by atoms with E-state index in [9.17, 15) is 11.0 Å². The van der Waals surface area contributed by atoms with Crippen LogP contribution in [0.5, 0.6) is 0 Å². The van der Waals surface area contributed by atoms with Gasteiger partial charge in [-0.15, -0.1) is 0 Å². The second-order valence-corrected chi connectivity index (χ2v) is 35.5. The van der Waals surface area contributed by atoms with E-state index in [4.69, 9.17) is 0 Å². The van der Waals surface area contributed by atoms with Crippen molar-refractivity contribution in [1.29, 1.82) is 0 Å². The smallest absolute Gasteiger partial charge is 0.252 e. The highest BCUT2D eigenvalue weighted by Crippen LogP contribution is 2.55. The van der Waals surface area contributed by atoms with Gasteiger partial charge in [0.15, 0.2) is 0 Å². The zero-order valence-electron chi connectivity index (χ0n) is 77.1. The molecule has 0 N–H and O–H groups in total. The molecule has 20 aromatic rings. The molecular formula is C114H91BN6. The van der Waals surface area contributed by atoms with Crippen molar-refractivity contribution in [2.75, 3.05) is 14.7 Å². The highest BCUT2D eigenvalue weighted by Gasteiger charge is 2.46. The molecule has 5 heterocycles. The number of rotatable bonds is 12. The van der Waals surface area contributed by atoms with Crippen molar-refractivity contribution in [3.05, 3.63) is 405 Å². The fraction of sp³-hybridized carbons (Fsp3) is 0.105. The molecule has 2 aliphatic rings. The van der Waals surface area contributed by atoms with Crippen LogP contribution in [0.2, 0.25) is 0 Å². The van der Waals surface area contributed by atoms with Gasteiger partial charge in [-0.25, -0.2) is 0 Å². The Labute approximate surface area is 719 Å². The fourth-order valence-electron chi connectivity index (χ4n) is 19.1. The standard InChI is InChI=1S/C114H91BN6/c1-112(2,3)80-51-61-104-96(66-80)97-67-81(113(4,5)6)52-62-105(97)119(104)89-72-108-110-109(73-89)121(111-94(76-37-19-12-20-38-76)68-82(114(7,8)9)69-95(111)77-39-21-13-22-40-77)107-71-87(118-102-49-31-27-45-92(102)93-46-28-32-50-103(93)118)58-60-99(107)115(110)98-59-57-86(70-106(98)120(108)88-64-78(74-33-15-10-16-34-74)63-79(65-88)75-35-17-11-18-36-75)116(83-41-23-14-24-42-83)84-53-55-85(56-54-84)117-100-47-29-25-43-90(100)91-44-26-30-48-101(91)117/h10-73H,1-9H3/i27D,28D,31D,32D,45D,46D,49D,50D. The van der Waals surface area contributed by atoms with Crippen LogP contribution in [0.15, 0.2) is 388 Å². The topological polar surface area (TPSA) is 24.5 Å². The highest BCUT2D eigenvalue weighted by atomic mass is 15.2. The van der Waals surface area contributed by atoms with Gasteiger partial charge in [-0.2, -0.15) is 0 Å². The molecule has 0 fully saturated rings. The number of benzene rings is 17. The van der Waals surface area contributed by atoms with Crippen molar-refractivity contribution in [2.45, 2.75) is 78.6 Å². The summed E-state index contributed by atoms with van der Waals surface area (Å²) in [7, 11) is 0. The Morgan fingerprint density at radius 1 is 0.256 bits per heavy atom. The van der Waals surface area contributed by atoms with Crippen LogP contribution in [0.3, 0.4) is 0 Å². The summed E-state index contributed by atoms with van der Waals surface area (Å²) in [5.41, 5.74) is 28.3. The quantitative estimate of drug-likeness (QED) is 0.114. The summed E-state index contributed by atoms with van der Waals surface area (Å²) >= 11 is 0. The summed E-state index contributed by atoms with van der Waals surface area (Å²) in [6.07, 6.45) is 0. The lowest BCUT2D eigenvalue weighted by atomic mass is 9.33. The van der Waals surface area contributed by atoms with E-state index in [-0.39, 0.29) is 50.1 Å². The van der Waals surface area contributed by atoms with Crippen LogP contribution in [0.1, 0.15) is 90.0 Å². The first-order valence-corrected chi connectivity index (χ1v) is 41.9. The Bertz CT molecular complexity index is 7710. The zero-order chi connectivity index (χ0) is 88.7. The normalized spacial score (nSPS) is 13.7. The lowest BCUT2D eigenvalue weighted by Gasteiger charge is -2.46. The summed E-state index contributed by atoms with van der Waals surface area (Å²) in [5.74, 6) is 0. The van der Waals surface area contributed by atoms with E-state index in [2.05, 4.69) is 420 Å².